The van der Waals surface area contributed by atoms with Crippen LogP contribution in [0.25, 0.3) is 0 Å². The van der Waals surface area contributed by atoms with Crippen LogP contribution >= 0.6 is 0 Å². The molecule has 0 aliphatic carbocycles. The van der Waals surface area contributed by atoms with E-state index in [2.05, 4.69) is 31.5 Å². The van der Waals surface area contributed by atoms with E-state index in [0.717, 1.165) is 64.4 Å². The number of rotatable bonds is 16. The summed E-state index contributed by atoms with van der Waals surface area (Å²) >= 11 is 0. The zero-order valence-electron chi connectivity index (χ0n) is 16.2. The number of ether oxygens (including phenoxy) is 2. The van der Waals surface area contributed by atoms with Crippen LogP contribution in [0.15, 0.2) is 0 Å². The van der Waals surface area contributed by atoms with Gasteiger partial charge in [-0.2, -0.15) is 0 Å². The van der Waals surface area contributed by atoms with Gasteiger partial charge in [0, 0.05) is 40.5 Å². The van der Waals surface area contributed by atoms with Crippen molar-refractivity contribution in [3.8, 4) is 0 Å². The van der Waals surface area contributed by atoms with Gasteiger partial charge in [0.2, 0.25) is 0 Å². The normalized spacial score (nSPS) is 12.8. The maximum Gasteiger partial charge on any atom is 0.186 e. The molecular weight excluding hydrogens is 326 g/mol. The van der Waals surface area contributed by atoms with Gasteiger partial charge in [0.05, 0.1) is 13.2 Å². The minimum atomic E-state index is -1.41. The zero-order valence-corrected chi connectivity index (χ0v) is 18.2. The van der Waals surface area contributed by atoms with Crippen molar-refractivity contribution in [1.82, 2.24) is 5.32 Å². The van der Waals surface area contributed by atoms with Crippen LogP contribution in [0.3, 0.4) is 0 Å². The van der Waals surface area contributed by atoms with Crippen molar-refractivity contribution in [2.24, 2.45) is 0 Å². The summed E-state index contributed by atoms with van der Waals surface area (Å²) in [5.41, 5.74) is 0. The first-order chi connectivity index (χ1) is 10.8. The smallest absolute Gasteiger partial charge is 0.186 e. The minimum Gasteiger partial charge on any atom is -0.420 e. The second-order valence-corrected chi connectivity index (χ2v) is 16.0. The van der Waals surface area contributed by atoms with Gasteiger partial charge in [0.15, 0.2) is 16.6 Å². The van der Waals surface area contributed by atoms with Gasteiger partial charge < -0.3 is 23.6 Å². The van der Waals surface area contributed by atoms with E-state index in [1.165, 1.54) is 0 Å². The predicted octanol–water partition coefficient (Wildman–Crippen LogP) is 3.09. The molecule has 7 heteroatoms. The van der Waals surface area contributed by atoms with Crippen molar-refractivity contribution in [2.75, 3.05) is 53.7 Å². The molecule has 0 unspecified atom stereocenters. The van der Waals surface area contributed by atoms with Crippen LogP contribution in [0.4, 0.5) is 0 Å². The highest BCUT2D eigenvalue weighted by Gasteiger charge is 2.19. The summed E-state index contributed by atoms with van der Waals surface area (Å²) in [5, 5.41) is 3.34. The molecule has 5 nitrogen and oxygen atoms in total. The first-order valence-corrected chi connectivity index (χ1v) is 15.0. The fraction of sp³-hybridized carbons (Fsp3) is 1.00. The Morgan fingerprint density at radius 3 is 1.39 bits per heavy atom. The molecule has 0 saturated heterocycles. The molecule has 0 radical (unpaired) electrons. The van der Waals surface area contributed by atoms with Crippen molar-refractivity contribution in [1.29, 1.82) is 0 Å². The van der Waals surface area contributed by atoms with Gasteiger partial charge in [0.25, 0.3) is 0 Å². The molecule has 0 rings (SSSR count). The van der Waals surface area contributed by atoms with Crippen LogP contribution in [-0.2, 0) is 18.3 Å². The molecule has 0 aromatic carbocycles. The third-order valence-electron chi connectivity index (χ3n) is 4.09. The van der Waals surface area contributed by atoms with E-state index in [1.54, 1.807) is 0 Å². The average molecular weight is 366 g/mol. The van der Waals surface area contributed by atoms with Crippen molar-refractivity contribution < 1.29 is 18.3 Å². The molecule has 0 aromatic rings. The molecule has 0 aromatic heterocycles. The van der Waals surface area contributed by atoms with E-state index in [0.29, 0.717) is 0 Å². The van der Waals surface area contributed by atoms with Crippen molar-refractivity contribution in [3.05, 3.63) is 0 Å². The van der Waals surface area contributed by atoms with Gasteiger partial charge in [-0.05, 0) is 51.1 Å². The molecule has 23 heavy (non-hydrogen) atoms. The lowest BCUT2D eigenvalue weighted by Crippen LogP contribution is -2.29. The van der Waals surface area contributed by atoms with Crippen molar-refractivity contribution >= 4 is 16.6 Å². The Labute approximate surface area is 145 Å². The van der Waals surface area contributed by atoms with Crippen LogP contribution in [-0.4, -0.2) is 70.4 Å². The second kappa shape index (κ2) is 13.5. The highest BCUT2D eigenvalue weighted by molar-refractivity contribution is 6.71. The summed E-state index contributed by atoms with van der Waals surface area (Å²) in [6, 6.07) is 2.32. The van der Waals surface area contributed by atoms with Gasteiger partial charge in [-0.3, -0.25) is 0 Å². The molecule has 1 N–H and O–H groups in total. The van der Waals surface area contributed by atoms with Crippen molar-refractivity contribution in [3.63, 3.8) is 0 Å². The third-order valence-corrected chi connectivity index (χ3v) is 9.41. The topological polar surface area (TPSA) is 49.0 Å². The third kappa shape index (κ3) is 15.5. The highest BCUT2D eigenvalue weighted by atomic mass is 28.4. The van der Waals surface area contributed by atoms with Gasteiger partial charge in [-0.15, -0.1) is 0 Å². The lowest BCUT2D eigenvalue weighted by atomic mass is 10.5. The van der Waals surface area contributed by atoms with Crippen LogP contribution in [0.5, 0.6) is 0 Å². The maximum absolute atomic E-state index is 5.62. The molecule has 0 spiro atoms. The summed E-state index contributed by atoms with van der Waals surface area (Å²) in [7, 11) is 0.825. The Hall–Kier alpha value is 0.234. The van der Waals surface area contributed by atoms with Gasteiger partial charge in [-0.1, -0.05) is 0 Å². The standard InChI is InChI=1S/C16H39NO4Si2/c1-18-22(3,4)15-7-11-20-13-9-17-10-14-21-12-8-16-23(5,6)19-2/h17H,7-16H2,1-6H3. The fourth-order valence-corrected chi connectivity index (χ4v) is 4.42. The summed E-state index contributed by atoms with van der Waals surface area (Å²) in [5.74, 6) is 0. The molecule has 0 saturated carbocycles. The van der Waals surface area contributed by atoms with E-state index in [-0.39, 0.29) is 0 Å². The molecule has 0 fully saturated rings. The van der Waals surface area contributed by atoms with Crippen LogP contribution < -0.4 is 5.32 Å². The molecular formula is C16H39NO4Si2. The first-order valence-electron chi connectivity index (χ1n) is 8.79. The predicted molar refractivity (Wildman–Crippen MR) is 102 cm³/mol. The summed E-state index contributed by atoms with van der Waals surface area (Å²) in [6.45, 7) is 13.9. The van der Waals surface area contributed by atoms with E-state index in [1.807, 2.05) is 14.2 Å². The quantitative estimate of drug-likeness (QED) is 0.336. The molecule has 0 aliphatic rings. The minimum absolute atomic E-state index is 0.766. The van der Waals surface area contributed by atoms with Crippen molar-refractivity contribution in [2.45, 2.75) is 51.1 Å². The summed E-state index contributed by atoms with van der Waals surface area (Å²) in [6.07, 6.45) is 2.19. The summed E-state index contributed by atoms with van der Waals surface area (Å²) in [4.78, 5) is 0. The number of hydrogen-bond donors (Lipinski definition) is 1. The fourth-order valence-electron chi connectivity index (χ4n) is 2.02. The largest absolute Gasteiger partial charge is 0.420 e. The van der Waals surface area contributed by atoms with Crippen LogP contribution in [0.2, 0.25) is 38.3 Å². The SMILES string of the molecule is CO[Si](C)(C)CCCOCCNCCOCCC[Si](C)(C)OC. The van der Waals surface area contributed by atoms with Crippen LogP contribution in [0, 0.1) is 0 Å². The van der Waals surface area contributed by atoms with E-state index in [4.69, 9.17) is 18.3 Å². The lowest BCUT2D eigenvalue weighted by molar-refractivity contribution is 0.121. The Kier molecular flexibility index (Phi) is 13.7. The van der Waals surface area contributed by atoms with E-state index in [9.17, 15) is 0 Å². The Bertz CT molecular complexity index is 253. The Morgan fingerprint density at radius 2 is 1.04 bits per heavy atom. The number of nitrogens with one attached hydrogen (secondary N) is 1. The molecule has 0 bridgehead atoms. The van der Waals surface area contributed by atoms with Crippen LogP contribution in [0.1, 0.15) is 12.8 Å². The van der Waals surface area contributed by atoms with Gasteiger partial charge >= 0.3 is 0 Å². The second-order valence-electron chi connectivity index (χ2n) is 7.11. The molecule has 0 atom stereocenters. The average Bonchev–Trinajstić information content (AvgIpc) is 2.51. The van der Waals surface area contributed by atoms with Gasteiger partial charge in [-0.25, -0.2) is 0 Å². The van der Waals surface area contributed by atoms with Gasteiger partial charge in [0.1, 0.15) is 0 Å². The molecule has 0 amide bonds. The Morgan fingerprint density at radius 1 is 0.652 bits per heavy atom. The lowest BCUT2D eigenvalue weighted by Gasteiger charge is -2.19. The van der Waals surface area contributed by atoms with E-state index >= 15 is 0 Å². The molecule has 140 valence electrons. The molecule has 0 aliphatic heterocycles. The first kappa shape index (κ1) is 23.2. The zero-order chi connectivity index (χ0) is 17.6. The maximum atomic E-state index is 5.62. The Balaban J connectivity index is 3.20. The number of hydrogen-bond acceptors (Lipinski definition) is 5. The van der Waals surface area contributed by atoms with E-state index < -0.39 is 16.6 Å². The highest BCUT2D eigenvalue weighted by Crippen LogP contribution is 2.12. The molecule has 0 heterocycles. The monoisotopic (exact) mass is 365 g/mol. The summed E-state index contributed by atoms with van der Waals surface area (Å²) < 4.78 is 22.3.